The first kappa shape index (κ1) is 15.1. The van der Waals surface area contributed by atoms with Gasteiger partial charge in [-0.05, 0) is 30.7 Å². The lowest BCUT2D eigenvalue weighted by atomic mass is 10.1. The molecule has 6 heteroatoms. The Labute approximate surface area is 126 Å². The Morgan fingerprint density at radius 1 is 1.30 bits per heavy atom. The predicted octanol–water partition coefficient (Wildman–Crippen LogP) is 3.39. The maximum atomic E-state index is 12.1. The van der Waals surface area contributed by atoms with E-state index in [4.69, 9.17) is 11.6 Å². The average molecular weight is 312 g/mol. The lowest BCUT2D eigenvalue weighted by molar-refractivity contribution is -0.126. The summed E-state index contributed by atoms with van der Waals surface area (Å²) in [6.07, 6.45) is 1.48. The van der Waals surface area contributed by atoms with Crippen LogP contribution in [0, 0.1) is 0 Å². The van der Waals surface area contributed by atoms with Crippen LogP contribution in [-0.2, 0) is 4.79 Å². The molecule has 4 nitrogen and oxygen atoms in total. The number of hydrogen-bond acceptors (Lipinski definition) is 4. The van der Waals surface area contributed by atoms with Crippen molar-refractivity contribution in [3.05, 3.63) is 34.9 Å². The van der Waals surface area contributed by atoms with Crippen LogP contribution in [0.25, 0.3) is 0 Å². The Hall–Kier alpha value is -1.33. The van der Waals surface area contributed by atoms with E-state index in [0.29, 0.717) is 17.0 Å². The molecule has 106 valence electrons. The molecule has 0 N–H and O–H groups in total. The van der Waals surface area contributed by atoms with E-state index in [1.54, 1.807) is 24.3 Å². The highest BCUT2D eigenvalue weighted by atomic mass is 35.5. The Morgan fingerprint density at radius 2 is 1.95 bits per heavy atom. The molecule has 1 unspecified atom stereocenters. The summed E-state index contributed by atoms with van der Waals surface area (Å²) in [6, 6.07) is 6.40. The van der Waals surface area contributed by atoms with E-state index in [2.05, 4.69) is 0 Å². The van der Waals surface area contributed by atoms with Crippen molar-refractivity contribution in [2.24, 2.45) is 0 Å². The van der Waals surface area contributed by atoms with Gasteiger partial charge < -0.3 is 0 Å². The van der Waals surface area contributed by atoms with Gasteiger partial charge in [-0.1, -0.05) is 36.7 Å². The van der Waals surface area contributed by atoms with Crippen molar-refractivity contribution >= 4 is 40.3 Å². The van der Waals surface area contributed by atoms with Crippen molar-refractivity contribution in [3.63, 3.8) is 0 Å². The lowest BCUT2D eigenvalue weighted by Crippen LogP contribution is -2.36. The van der Waals surface area contributed by atoms with Gasteiger partial charge >= 0.3 is 0 Å². The second-order valence-electron chi connectivity index (χ2n) is 4.52. The number of thioether (sulfide) groups is 1. The topological polar surface area (TPSA) is 54.5 Å². The minimum Gasteiger partial charge on any atom is -0.292 e. The van der Waals surface area contributed by atoms with Gasteiger partial charge in [0.1, 0.15) is 0 Å². The molecule has 0 radical (unpaired) electrons. The summed E-state index contributed by atoms with van der Waals surface area (Å²) in [7, 11) is 0. The van der Waals surface area contributed by atoms with Crippen LogP contribution >= 0.6 is 23.4 Å². The summed E-state index contributed by atoms with van der Waals surface area (Å²) in [4.78, 5) is 36.9. The summed E-state index contributed by atoms with van der Waals surface area (Å²) in [6.45, 7) is 1.76. The number of carbonyl (C=O) groups excluding carboxylic acids is 3. The zero-order valence-electron chi connectivity index (χ0n) is 11.0. The zero-order chi connectivity index (χ0) is 14.7. The molecule has 0 aromatic heterocycles. The summed E-state index contributed by atoms with van der Waals surface area (Å²) in [5, 5.41) is -0.144. The summed E-state index contributed by atoms with van der Waals surface area (Å²) in [5.74, 6) is -0.523. The minimum atomic E-state index is -0.342. The van der Waals surface area contributed by atoms with E-state index in [1.165, 1.54) is 0 Å². The van der Waals surface area contributed by atoms with Gasteiger partial charge in [0.15, 0.2) is 5.78 Å². The monoisotopic (exact) mass is 311 g/mol. The van der Waals surface area contributed by atoms with E-state index in [0.717, 1.165) is 23.1 Å². The second kappa shape index (κ2) is 6.41. The molecule has 0 bridgehead atoms. The third-order valence-corrected chi connectivity index (χ3v) is 4.42. The fraction of sp³-hybridized carbons (Fsp3) is 0.357. The maximum Gasteiger partial charge on any atom is 0.289 e. The van der Waals surface area contributed by atoms with Gasteiger partial charge in [-0.15, -0.1) is 0 Å². The van der Waals surface area contributed by atoms with Crippen LogP contribution in [0.4, 0.5) is 4.79 Å². The van der Waals surface area contributed by atoms with Gasteiger partial charge in [0, 0.05) is 10.6 Å². The molecule has 0 saturated carbocycles. The van der Waals surface area contributed by atoms with Gasteiger partial charge in [-0.3, -0.25) is 19.3 Å². The third-order valence-electron chi connectivity index (χ3n) is 3.02. The smallest absolute Gasteiger partial charge is 0.289 e. The van der Waals surface area contributed by atoms with Gasteiger partial charge in [0.25, 0.3) is 5.24 Å². The highest BCUT2D eigenvalue weighted by Crippen LogP contribution is 2.30. The maximum absolute atomic E-state index is 12.1. The van der Waals surface area contributed by atoms with E-state index in [-0.39, 0.29) is 28.7 Å². The molecular weight excluding hydrogens is 298 g/mol. The largest absolute Gasteiger partial charge is 0.292 e. The molecule has 20 heavy (non-hydrogen) atoms. The number of halogens is 1. The van der Waals surface area contributed by atoms with E-state index in [9.17, 15) is 14.4 Å². The molecular formula is C14H14ClNO3S. The molecule has 1 atom stereocenters. The van der Waals surface area contributed by atoms with Gasteiger partial charge in [0.05, 0.1) is 11.8 Å². The SMILES string of the molecule is CCCC1SC(=O)N(CC(=O)c2ccc(Cl)cc2)C1=O. The average Bonchev–Trinajstić information content (AvgIpc) is 2.68. The molecule has 2 amide bonds. The van der Waals surface area contributed by atoms with E-state index in [1.807, 2.05) is 6.92 Å². The van der Waals surface area contributed by atoms with E-state index < -0.39 is 0 Å². The normalized spacial score (nSPS) is 18.7. The van der Waals surface area contributed by atoms with Crippen molar-refractivity contribution in [2.75, 3.05) is 6.54 Å². The Kier molecular flexibility index (Phi) is 4.83. The van der Waals surface area contributed by atoms with Crippen molar-refractivity contribution in [1.82, 2.24) is 4.90 Å². The van der Waals surface area contributed by atoms with Crippen molar-refractivity contribution in [1.29, 1.82) is 0 Å². The molecule has 1 aromatic carbocycles. The lowest BCUT2D eigenvalue weighted by Gasteiger charge is -2.12. The van der Waals surface area contributed by atoms with E-state index >= 15 is 0 Å². The van der Waals surface area contributed by atoms with Crippen LogP contribution in [0.15, 0.2) is 24.3 Å². The first-order valence-electron chi connectivity index (χ1n) is 6.33. The molecule has 0 aliphatic carbocycles. The fourth-order valence-electron chi connectivity index (χ4n) is 1.96. The molecule has 1 aliphatic rings. The number of imide groups is 1. The number of Topliss-reactive ketones (excluding diaryl/α,β-unsaturated/α-hetero) is 1. The van der Waals surface area contributed by atoms with Crippen LogP contribution in [0.2, 0.25) is 5.02 Å². The molecule has 2 rings (SSSR count). The fourth-order valence-corrected chi connectivity index (χ4v) is 3.19. The summed E-state index contributed by atoms with van der Waals surface area (Å²) < 4.78 is 0. The molecule has 1 aliphatic heterocycles. The van der Waals surface area contributed by atoms with Crippen LogP contribution in [0.1, 0.15) is 30.1 Å². The summed E-state index contributed by atoms with van der Waals surface area (Å²) in [5.41, 5.74) is 0.443. The first-order valence-corrected chi connectivity index (χ1v) is 7.59. The van der Waals surface area contributed by atoms with Gasteiger partial charge in [-0.2, -0.15) is 0 Å². The highest BCUT2D eigenvalue weighted by Gasteiger charge is 2.39. The Bertz CT molecular complexity index is 544. The summed E-state index contributed by atoms with van der Waals surface area (Å²) >= 11 is 6.76. The number of rotatable bonds is 5. The molecule has 0 spiro atoms. The molecule has 1 fully saturated rings. The van der Waals surface area contributed by atoms with Crippen LogP contribution < -0.4 is 0 Å². The van der Waals surface area contributed by atoms with Crippen LogP contribution in [0.5, 0.6) is 0 Å². The third kappa shape index (κ3) is 3.22. The predicted molar refractivity (Wildman–Crippen MR) is 79.2 cm³/mol. The number of ketones is 1. The molecule has 1 heterocycles. The second-order valence-corrected chi connectivity index (χ2v) is 6.11. The number of carbonyl (C=O) groups is 3. The number of benzene rings is 1. The van der Waals surface area contributed by atoms with Crippen molar-refractivity contribution in [2.45, 2.75) is 25.0 Å². The standard InChI is InChI=1S/C14H14ClNO3S/c1-2-3-12-13(18)16(14(19)20-12)8-11(17)9-4-6-10(15)7-5-9/h4-7,12H,2-3,8H2,1H3. The molecule has 1 aromatic rings. The van der Waals surface area contributed by atoms with Gasteiger partial charge in [0.2, 0.25) is 5.91 Å². The quantitative estimate of drug-likeness (QED) is 0.782. The number of amides is 2. The number of nitrogens with zero attached hydrogens (tertiary/aromatic N) is 1. The highest BCUT2D eigenvalue weighted by molar-refractivity contribution is 8.15. The molecule has 1 saturated heterocycles. The Morgan fingerprint density at radius 3 is 2.55 bits per heavy atom. The van der Waals surface area contributed by atoms with Gasteiger partial charge in [-0.25, -0.2) is 0 Å². The van der Waals surface area contributed by atoms with Crippen LogP contribution in [0.3, 0.4) is 0 Å². The number of hydrogen-bond donors (Lipinski definition) is 0. The minimum absolute atomic E-state index is 0.202. The van der Waals surface area contributed by atoms with Crippen molar-refractivity contribution < 1.29 is 14.4 Å². The first-order chi connectivity index (χ1) is 9.52. The Balaban J connectivity index is 2.06. The van der Waals surface area contributed by atoms with Crippen molar-refractivity contribution in [3.8, 4) is 0 Å². The zero-order valence-corrected chi connectivity index (χ0v) is 12.5. The van der Waals surface area contributed by atoms with Crippen LogP contribution in [-0.4, -0.2) is 33.6 Å².